The van der Waals surface area contributed by atoms with Gasteiger partial charge in [-0.1, -0.05) is 6.07 Å². The third-order valence-electron chi connectivity index (χ3n) is 3.96. The fourth-order valence-electron chi connectivity index (χ4n) is 2.78. The standard InChI is InChI=1S/C17H18F3N3O2S/c1-16(13-6-8-26-14(13)5-7-24-16)10-22-15(21)23-11-3-2-4-12(9-11)25-17(18,19)20/h2-4,6,8-9H,5,7,10H2,1H3,(H3,21,22,23). The van der Waals surface area contributed by atoms with Gasteiger partial charge in [-0.2, -0.15) is 0 Å². The number of benzene rings is 1. The molecule has 1 aliphatic heterocycles. The van der Waals surface area contributed by atoms with Gasteiger partial charge in [0.1, 0.15) is 11.4 Å². The van der Waals surface area contributed by atoms with E-state index in [0.29, 0.717) is 18.8 Å². The average molecular weight is 385 g/mol. The zero-order valence-corrected chi connectivity index (χ0v) is 14.8. The first kappa shape index (κ1) is 18.5. The average Bonchev–Trinajstić information content (AvgIpc) is 3.02. The van der Waals surface area contributed by atoms with Crippen LogP contribution in [0.1, 0.15) is 17.4 Å². The number of anilines is 1. The fraction of sp³-hybridized carbons (Fsp3) is 0.353. The van der Waals surface area contributed by atoms with Crippen molar-refractivity contribution in [2.75, 3.05) is 18.5 Å². The normalized spacial score (nSPS) is 20.5. The summed E-state index contributed by atoms with van der Waals surface area (Å²) in [6, 6.07) is 7.43. The van der Waals surface area contributed by atoms with Gasteiger partial charge in [-0.3, -0.25) is 0 Å². The van der Waals surface area contributed by atoms with Crippen LogP contribution in [0.3, 0.4) is 0 Å². The number of aliphatic imine (C=N–C) groups is 1. The van der Waals surface area contributed by atoms with Gasteiger partial charge in [0.2, 0.25) is 0 Å². The molecule has 0 aliphatic carbocycles. The molecule has 3 rings (SSSR count). The van der Waals surface area contributed by atoms with E-state index in [4.69, 9.17) is 10.5 Å². The van der Waals surface area contributed by atoms with Crippen LogP contribution < -0.4 is 15.8 Å². The maximum atomic E-state index is 12.3. The van der Waals surface area contributed by atoms with E-state index in [1.54, 1.807) is 17.4 Å². The van der Waals surface area contributed by atoms with Gasteiger partial charge in [0.05, 0.1) is 13.2 Å². The van der Waals surface area contributed by atoms with Crippen molar-refractivity contribution in [1.82, 2.24) is 0 Å². The predicted molar refractivity (Wildman–Crippen MR) is 94.6 cm³/mol. The molecule has 0 saturated heterocycles. The van der Waals surface area contributed by atoms with E-state index in [0.717, 1.165) is 12.0 Å². The molecule has 0 saturated carbocycles. The Balaban J connectivity index is 1.67. The molecule has 0 bridgehead atoms. The molecule has 5 nitrogen and oxygen atoms in total. The third-order valence-corrected chi connectivity index (χ3v) is 4.94. The molecule has 1 aromatic carbocycles. The van der Waals surface area contributed by atoms with E-state index < -0.39 is 12.0 Å². The van der Waals surface area contributed by atoms with Crippen molar-refractivity contribution < 1.29 is 22.6 Å². The van der Waals surface area contributed by atoms with E-state index in [2.05, 4.69) is 15.0 Å². The highest BCUT2D eigenvalue weighted by Crippen LogP contribution is 2.36. The number of hydrogen-bond donors (Lipinski definition) is 2. The molecule has 140 valence electrons. The van der Waals surface area contributed by atoms with Crippen molar-refractivity contribution in [2.45, 2.75) is 25.3 Å². The minimum atomic E-state index is -4.75. The summed E-state index contributed by atoms with van der Waals surface area (Å²) in [7, 11) is 0. The van der Waals surface area contributed by atoms with Gasteiger partial charge < -0.3 is 20.5 Å². The third kappa shape index (κ3) is 4.47. The van der Waals surface area contributed by atoms with Crippen molar-refractivity contribution in [2.24, 2.45) is 10.7 Å². The van der Waals surface area contributed by atoms with Crippen LogP contribution in [0, 0.1) is 0 Å². The molecular weight excluding hydrogens is 367 g/mol. The first-order chi connectivity index (χ1) is 12.3. The van der Waals surface area contributed by atoms with Crippen LogP contribution in [0.4, 0.5) is 18.9 Å². The number of halogens is 3. The Morgan fingerprint density at radius 3 is 3.00 bits per heavy atom. The molecule has 1 aromatic heterocycles. The first-order valence-electron chi connectivity index (χ1n) is 7.89. The summed E-state index contributed by atoms with van der Waals surface area (Å²) in [5, 5.41) is 4.79. The molecule has 2 aromatic rings. The van der Waals surface area contributed by atoms with Crippen LogP contribution in [0.25, 0.3) is 0 Å². The van der Waals surface area contributed by atoms with Crippen LogP contribution >= 0.6 is 11.3 Å². The van der Waals surface area contributed by atoms with Gasteiger partial charge >= 0.3 is 6.36 Å². The molecule has 1 unspecified atom stereocenters. The maximum Gasteiger partial charge on any atom is 0.573 e. The summed E-state index contributed by atoms with van der Waals surface area (Å²) in [6.45, 7) is 2.87. The van der Waals surface area contributed by atoms with Gasteiger partial charge in [0.25, 0.3) is 0 Å². The molecule has 2 heterocycles. The Bertz CT molecular complexity index is 807. The van der Waals surface area contributed by atoms with Crippen LogP contribution in [0.5, 0.6) is 5.75 Å². The number of nitrogens with one attached hydrogen (secondary N) is 1. The molecule has 0 spiro atoms. The number of thiophene rings is 1. The second kappa shape index (κ2) is 7.16. The first-order valence-corrected chi connectivity index (χ1v) is 8.77. The van der Waals surface area contributed by atoms with Gasteiger partial charge in [0, 0.05) is 23.1 Å². The quantitative estimate of drug-likeness (QED) is 0.619. The molecule has 0 radical (unpaired) electrons. The Labute approximate surface area is 152 Å². The second-order valence-corrected chi connectivity index (χ2v) is 6.99. The van der Waals surface area contributed by atoms with Crippen LogP contribution in [-0.2, 0) is 16.8 Å². The summed E-state index contributed by atoms with van der Waals surface area (Å²) in [4.78, 5) is 5.57. The zero-order chi connectivity index (χ0) is 18.8. The predicted octanol–water partition coefficient (Wildman–Crippen LogP) is 3.86. The van der Waals surface area contributed by atoms with Gasteiger partial charge in [0.15, 0.2) is 5.96 Å². The van der Waals surface area contributed by atoms with Crippen molar-refractivity contribution in [3.8, 4) is 5.75 Å². The van der Waals surface area contributed by atoms with Crippen molar-refractivity contribution in [3.63, 3.8) is 0 Å². The van der Waals surface area contributed by atoms with E-state index in [1.165, 1.54) is 23.1 Å². The molecule has 0 fully saturated rings. The number of hydrogen-bond acceptors (Lipinski definition) is 4. The summed E-state index contributed by atoms with van der Waals surface area (Å²) in [5.74, 6) is -0.248. The topological polar surface area (TPSA) is 68.9 Å². The molecule has 1 aliphatic rings. The highest BCUT2D eigenvalue weighted by molar-refractivity contribution is 7.10. The van der Waals surface area contributed by atoms with Crippen molar-refractivity contribution in [1.29, 1.82) is 0 Å². The van der Waals surface area contributed by atoms with E-state index in [-0.39, 0.29) is 11.7 Å². The molecule has 0 amide bonds. The number of alkyl halides is 3. The number of fused-ring (bicyclic) bond motifs is 1. The number of guanidine groups is 1. The van der Waals surface area contributed by atoms with Crippen LogP contribution in [0.2, 0.25) is 0 Å². The highest BCUT2D eigenvalue weighted by atomic mass is 32.1. The monoisotopic (exact) mass is 385 g/mol. The lowest BCUT2D eigenvalue weighted by Gasteiger charge is -2.33. The minimum absolute atomic E-state index is 0.0846. The largest absolute Gasteiger partial charge is 0.573 e. The van der Waals surface area contributed by atoms with Crippen molar-refractivity contribution in [3.05, 3.63) is 46.2 Å². The lowest BCUT2D eigenvalue weighted by molar-refractivity contribution is -0.274. The lowest BCUT2D eigenvalue weighted by atomic mass is 9.93. The minimum Gasteiger partial charge on any atom is -0.406 e. The van der Waals surface area contributed by atoms with E-state index in [1.807, 2.05) is 18.4 Å². The smallest absolute Gasteiger partial charge is 0.406 e. The van der Waals surface area contributed by atoms with E-state index >= 15 is 0 Å². The molecular formula is C17H18F3N3O2S. The van der Waals surface area contributed by atoms with Crippen molar-refractivity contribution >= 4 is 23.0 Å². The lowest BCUT2D eigenvalue weighted by Crippen LogP contribution is -2.36. The van der Waals surface area contributed by atoms with Gasteiger partial charge in [-0.05, 0) is 36.1 Å². The second-order valence-electron chi connectivity index (χ2n) is 5.99. The maximum absolute atomic E-state index is 12.3. The molecule has 3 N–H and O–H groups in total. The highest BCUT2D eigenvalue weighted by Gasteiger charge is 2.34. The molecule has 1 atom stereocenters. The molecule has 9 heteroatoms. The van der Waals surface area contributed by atoms with E-state index in [9.17, 15) is 13.2 Å². The number of ether oxygens (including phenoxy) is 2. The fourth-order valence-corrected chi connectivity index (χ4v) is 3.76. The molecule has 26 heavy (non-hydrogen) atoms. The number of nitrogens with two attached hydrogens (primary N) is 1. The van der Waals surface area contributed by atoms with Crippen LogP contribution in [0.15, 0.2) is 40.7 Å². The van der Waals surface area contributed by atoms with Crippen LogP contribution in [-0.4, -0.2) is 25.5 Å². The summed E-state index contributed by atoms with van der Waals surface area (Å²) >= 11 is 1.69. The Hall–Kier alpha value is -2.26. The Kier molecular flexibility index (Phi) is 5.10. The Morgan fingerprint density at radius 2 is 2.23 bits per heavy atom. The van der Waals surface area contributed by atoms with Gasteiger partial charge in [-0.15, -0.1) is 24.5 Å². The summed E-state index contributed by atoms with van der Waals surface area (Å²) in [6.07, 6.45) is -3.87. The number of nitrogens with zero attached hydrogens (tertiary/aromatic N) is 1. The summed E-state index contributed by atoms with van der Waals surface area (Å²) < 4.78 is 46.7. The SMILES string of the molecule is CC1(CN=C(N)Nc2cccc(OC(F)(F)F)c2)OCCc2sccc21. The summed E-state index contributed by atoms with van der Waals surface area (Å²) in [5.41, 5.74) is 6.76. The Morgan fingerprint density at radius 1 is 1.42 bits per heavy atom. The number of rotatable bonds is 4. The van der Waals surface area contributed by atoms with Gasteiger partial charge in [-0.25, -0.2) is 4.99 Å². The zero-order valence-electron chi connectivity index (χ0n) is 14.0.